The molecule has 0 saturated carbocycles. The summed E-state index contributed by atoms with van der Waals surface area (Å²) in [4.78, 5) is 2.64. The average Bonchev–Trinajstić information content (AvgIpc) is 2.47. The summed E-state index contributed by atoms with van der Waals surface area (Å²) in [5.74, 6) is 4.95. The summed E-state index contributed by atoms with van der Waals surface area (Å²) in [5, 5.41) is 4.66. The lowest BCUT2D eigenvalue weighted by Gasteiger charge is -2.35. The average molecular weight is 303 g/mol. The third-order valence-electron chi connectivity index (χ3n) is 4.43. The van der Waals surface area contributed by atoms with Gasteiger partial charge in [0, 0.05) is 35.1 Å². The Labute approximate surface area is 127 Å². The van der Waals surface area contributed by atoms with Crippen molar-refractivity contribution in [3.63, 3.8) is 0 Å². The van der Waals surface area contributed by atoms with E-state index >= 15 is 0 Å². The minimum absolute atomic E-state index is 0.705. The fourth-order valence-electron chi connectivity index (χ4n) is 3.13. The monoisotopic (exact) mass is 302 g/mol. The Hall–Kier alpha value is 0.620. The van der Waals surface area contributed by atoms with Crippen molar-refractivity contribution in [3.05, 3.63) is 0 Å². The maximum atomic E-state index is 3.82. The van der Waals surface area contributed by atoms with Gasteiger partial charge in [-0.05, 0) is 51.7 Å². The molecule has 2 unspecified atom stereocenters. The van der Waals surface area contributed by atoms with Crippen molar-refractivity contribution in [2.45, 2.75) is 44.4 Å². The van der Waals surface area contributed by atoms with Crippen LogP contribution in [0.5, 0.6) is 0 Å². The van der Waals surface area contributed by atoms with Gasteiger partial charge in [0.1, 0.15) is 0 Å². The molecule has 0 aromatic carbocycles. The molecular weight excluding hydrogens is 272 g/mol. The molecule has 1 N–H and O–H groups in total. The third-order valence-corrected chi connectivity index (χ3v) is 7.28. The maximum Gasteiger partial charge on any atom is 0.0263 e. The Bertz CT molecular complexity index is 236. The number of rotatable bonds is 6. The van der Waals surface area contributed by atoms with E-state index in [2.05, 4.69) is 47.6 Å². The van der Waals surface area contributed by atoms with Crippen LogP contribution in [0.25, 0.3) is 0 Å². The second kappa shape index (κ2) is 8.81. The van der Waals surface area contributed by atoms with Crippen LogP contribution in [0.3, 0.4) is 0 Å². The van der Waals surface area contributed by atoms with Crippen LogP contribution in [-0.2, 0) is 0 Å². The number of hydrogen-bond donors (Lipinski definition) is 1. The van der Waals surface area contributed by atoms with Crippen LogP contribution in [-0.4, -0.2) is 59.6 Å². The van der Waals surface area contributed by atoms with Crippen LogP contribution < -0.4 is 5.32 Å². The smallest absolute Gasteiger partial charge is 0.0263 e. The van der Waals surface area contributed by atoms with Crippen molar-refractivity contribution in [3.8, 4) is 0 Å². The number of hydrogen-bond acceptors (Lipinski definition) is 4. The number of thioether (sulfide) groups is 2. The summed E-state index contributed by atoms with van der Waals surface area (Å²) >= 11 is 4.30. The number of piperidine rings is 1. The van der Waals surface area contributed by atoms with Crippen molar-refractivity contribution in [2.24, 2.45) is 5.92 Å². The minimum atomic E-state index is 0.705. The molecule has 0 spiro atoms. The second-order valence-corrected chi connectivity index (χ2v) is 8.50. The molecule has 112 valence electrons. The predicted octanol–water partition coefficient (Wildman–Crippen LogP) is 2.94. The topological polar surface area (TPSA) is 15.3 Å². The Morgan fingerprint density at radius 3 is 2.68 bits per heavy atom. The molecule has 2 rings (SSSR count). The second-order valence-electron chi connectivity index (χ2n) is 5.94. The molecule has 0 radical (unpaired) electrons. The van der Waals surface area contributed by atoms with Crippen molar-refractivity contribution in [1.82, 2.24) is 10.2 Å². The van der Waals surface area contributed by atoms with Crippen LogP contribution in [0.2, 0.25) is 0 Å². The van der Waals surface area contributed by atoms with Crippen LogP contribution in [0, 0.1) is 5.92 Å². The zero-order valence-electron chi connectivity index (χ0n) is 12.6. The molecule has 2 nitrogen and oxygen atoms in total. The fourth-order valence-corrected chi connectivity index (χ4v) is 5.76. The van der Waals surface area contributed by atoms with E-state index < -0.39 is 0 Å². The predicted molar refractivity (Wildman–Crippen MR) is 90.5 cm³/mol. The molecule has 0 aromatic heterocycles. The summed E-state index contributed by atoms with van der Waals surface area (Å²) in [6.07, 6.45) is 4.08. The molecule has 2 aliphatic rings. The molecule has 2 atom stereocenters. The van der Waals surface area contributed by atoms with E-state index in [4.69, 9.17) is 0 Å². The van der Waals surface area contributed by atoms with E-state index in [1.807, 2.05) is 0 Å². The summed E-state index contributed by atoms with van der Waals surface area (Å²) < 4.78 is 0. The Balaban J connectivity index is 1.62. The van der Waals surface area contributed by atoms with E-state index in [-0.39, 0.29) is 0 Å². The normalized spacial score (nSPS) is 28.4. The maximum absolute atomic E-state index is 3.82. The zero-order chi connectivity index (χ0) is 13.5. The van der Waals surface area contributed by atoms with Gasteiger partial charge in [0.25, 0.3) is 0 Å². The number of nitrogens with zero attached hydrogens (tertiary/aromatic N) is 1. The first-order valence-corrected chi connectivity index (χ1v) is 10.1. The van der Waals surface area contributed by atoms with Crippen LogP contribution in [0.1, 0.15) is 33.1 Å². The highest BCUT2D eigenvalue weighted by atomic mass is 32.2. The first-order valence-electron chi connectivity index (χ1n) is 7.94. The van der Waals surface area contributed by atoms with Crippen molar-refractivity contribution in [1.29, 1.82) is 0 Å². The Morgan fingerprint density at radius 2 is 2.05 bits per heavy atom. The van der Waals surface area contributed by atoms with Gasteiger partial charge in [-0.2, -0.15) is 23.5 Å². The summed E-state index contributed by atoms with van der Waals surface area (Å²) in [5.41, 5.74) is 0. The molecule has 4 heteroatoms. The third kappa shape index (κ3) is 5.49. The SMILES string of the molecule is CCCN1CCC(C(C)NCC2CSCCS2)CC1. The lowest BCUT2D eigenvalue weighted by atomic mass is 9.90. The van der Waals surface area contributed by atoms with Crippen LogP contribution >= 0.6 is 23.5 Å². The molecular formula is C15H30N2S2. The van der Waals surface area contributed by atoms with Gasteiger partial charge in [0.15, 0.2) is 0 Å². The highest BCUT2D eigenvalue weighted by molar-refractivity contribution is 8.06. The van der Waals surface area contributed by atoms with Gasteiger partial charge in [-0.15, -0.1) is 0 Å². The van der Waals surface area contributed by atoms with Gasteiger partial charge >= 0.3 is 0 Å². The van der Waals surface area contributed by atoms with E-state index in [0.717, 1.165) is 11.2 Å². The zero-order valence-corrected chi connectivity index (χ0v) is 14.2. The molecule has 2 fully saturated rings. The standard InChI is InChI=1S/C15H30N2S2/c1-3-6-17-7-4-14(5-8-17)13(2)16-11-15-12-18-9-10-19-15/h13-16H,3-12H2,1-2H3. The molecule has 2 saturated heterocycles. The molecule has 19 heavy (non-hydrogen) atoms. The molecule has 0 aromatic rings. The Morgan fingerprint density at radius 1 is 1.26 bits per heavy atom. The van der Waals surface area contributed by atoms with Gasteiger partial charge in [0.2, 0.25) is 0 Å². The van der Waals surface area contributed by atoms with Crippen LogP contribution in [0.15, 0.2) is 0 Å². The van der Waals surface area contributed by atoms with Gasteiger partial charge in [-0.3, -0.25) is 0 Å². The van der Waals surface area contributed by atoms with Crippen molar-refractivity contribution in [2.75, 3.05) is 43.4 Å². The minimum Gasteiger partial charge on any atom is -0.313 e. The largest absolute Gasteiger partial charge is 0.313 e. The van der Waals surface area contributed by atoms with E-state index in [9.17, 15) is 0 Å². The number of likely N-dealkylation sites (tertiary alicyclic amines) is 1. The highest BCUT2D eigenvalue weighted by Gasteiger charge is 2.24. The van der Waals surface area contributed by atoms with Crippen LogP contribution in [0.4, 0.5) is 0 Å². The lowest BCUT2D eigenvalue weighted by molar-refractivity contribution is 0.163. The van der Waals surface area contributed by atoms with E-state index in [0.29, 0.717) is 6.04 Å². The van der Waals surface area contributed by atoms with Gasteiger partial charge < -0.3 is 10.2 Å². The van der Waals surface area contributed by atoms with E-state index in [1.165, 1.54) is 62.7 Å². The molecule has 0 bridgehead atoms. The summed E-state index contributed by atoms with van der Waals surface area (Å²) in [6, 6.07) is 0.705. The molecule has 0 aliphatic carbocycles. The summed E-state index contributed by atoms with van der Waals surface area (Å²) in [7, 11) is 0. The van der Waals surface area contributed by atoms with Gasteiger partial charge in [-0.25, -0.2) is 0 Å². The molecule has 2 heterocycles. The molecule has 0 amide bonds. The summed E-state index contributed by atoms with van der Waals surface area (Å²) in [6.45, 7) is 9.84. The highest BCUT2D eigenvalue weighted by Crippen LogP contribution is 2.25. The van der Waals surface area contributed by atoms with E-state index in [1.54, 1.807) is 0 Å². The van der Waals surface area contributed by atoms with Gasteiger partial charge in [0.05, 0.1) is 0 Å². The van der Waals surface area contributed by atoms with Gasteiger partial charge in [-0.1, -0.05) is 6.92 Å². The first kappa shape index (κ1) is 16.0. The molecule has 2 aliphatic heterocycles. The number of nitrogens with one attached hydrogen (secondary N) is 1. The first-order chi connectivity index (χ1) is 9.29. The van der Waals surface area contributed by atoms with Crippen molar-refractivity contribution >= 4 is 23.5 Å². The fraction of sp³-hybridized carbons (Fsp3) is 1.00. The Kier molecular flexibility index (Phi) is 7.42. The quantitative estimate of drug-likeness (QED) is 0.811. The lowest BCUT2D eigenvalue weighted by Crippen LogP contribution is -2.44. The van der Waals surface area contributed by atoms with Crippen molar-refractivity contribution < 1.29 is 0 Å².